The minimum Gasteiger partial charge on any atom is -0.497 e. The highest BCUT2D eigenvalue weighted by molar-refractivity contribution is 7.99. The number of ether oxygens (including phenoxy) is 1. The van der Waals surface area contributed by atoms with E-state index in [0.29, 0.717) is 12.3 Å². The second-order valence-corrected chi connectivity index (χ2v) is 7.84. The number of aromatic nitrogens is 3. The fourth-order valence-corrected chi connectivity index (χ4v) is 4.47. The van der Waals surface area contributed by atoms with Gasteiger partial charge in [-0.25, -0.2) is 0 Å². The molecular weight excluding hydrogens is 384 g/mol. The lowest BCUT2D eigenvalue weighted by Gasteiger charge is -2.28. The van der Waals surface area contributed by atoms with Crippen molar-refractivity contribution in [2.24, 2.45) is 0 Å². The predicted molar refractivity (Wildman–Crippen MR) is 114 cm³/mol. The number of carbonyl (C=O) groups is 1. The van der Waals surface area contributed by atoms with Gasteiger partial charge in [-0.3, -0.25) is 4.79 Å². The Bertz CT molecular complexity index is 1000. The molecular formula is C22H24N4O2S. The summed E-state index contributed by atoms with van der Waals surface area (Å²) >= 11 is 1.45. The molecule has 1 aliphatic heterocycles. The Morgan fingerprint density at radius 2 is 1.86 bits per heavy atom. The van der Waals surface area contributed by atoms with E-state index in [9.17, 15) is 4.79 Å². The summed E-state index contributed by atoms with van der Waals surface area (Å²) in [6, 6.07) is 16.1. The molecule has 150 valence electrons. The third-order valence-electron chi connectivity index (χ3n) is 5.19. The van der Waals surface area contributed by atoms with E-state index in [-0.39, 0.29) is 5.91 Å². The van der Waals surface area contributed by atoms with Crippen LogP contribution in [0.4, 0.5) is 0 Å². The first kappa shape index (κ1) is 19.5. The number of amides is 1. The van der Waals surface area contributed by atoms with E-state index in [0.717, 1.165) is 41.8 Å². The summed E-state index contributed by atoms with van der Waals surface area (Å²) in [4.78, 5) is 14.7. The Balaban J connectivity index is 1.43. The Morgan fingerprint density at radius 1 is 1.10 bits per heavy atom. The van der Waals surface area contributed by atoms with E-state index in [1.807, 2.05) is 39.8 Å². The zero-order valence-corrected chi connectivity index (χ0v) is 17.5. The van der Waals surface area contributed by atoms with Gasteiger partial charge >= 0.3 is 0 Å². The van der Waals surface area contributed by atoms with Crippen molar-refractivity contribution >= 4 is 17.7 Å². The molecule has 1 amide bonds. The summed E-state index contributed by atoms with van der Waals surface area (Å²) in [6.45, 7) is 4.26. The highest BCUT2D eigenvalue weighted by atomic mass is 32.2. The van der Waals surface area contributed by atoms with Crippen LogP contribution >= 0.6 is 11.8 Å². The van der Waals surface area contributed by atoms with Crippen LogP contribution in [-0.4, -0.2) is 45.0 Å². The summed E-state index contributed by atoms with van der Waals surface area (Å²) in [5.41, 5.74) is 3.57. The molecule has 0 bridgehead atoms. The number of hydrogen-bond donors (Lipinski definition) is 0. The standard InChI is InChI=1S/C22H24N4O2S/c1-3-26-21(17-8-10-19(28-2)11-9-17)23-24-22(26)29-15-20(27)25-13-12-16-6-4-5-7-18(16)14-25/h4-11H,3,12-15H2,1-2H3. The summed E-state index contributed by atoms with van der Waals surface area (Å²) < 4.78 is 7.27. The lowest BCUT2D eigenvalue weighted by Crippen LogP contribution is -2.37. The maximum Gasteiger partial charge on any atom is 0.233 e. The summed E-state index contributed by atoms with van der Waals surface area (Å²) in [5, 5.41) is 9.46. The van der Waals surface area contributed by atoms with Gasteiger partial charge in [-0.1, -0.05) is 36.0 Å². The molecule has 0 fully saturated rings. The second kappa shape index (κ2) is 8.69. The largest absolute Gasteiger partial charge is 0.497 e. The van der Waals surface area contributed by atoms with Gasteiger partial charge in [0.1, 0.15) is 5.75 Å². The number of rotatable bonds is 6. The molecule has 0 radical (unpaired) electrons. The molecule has 3 aromatic rings. The predicted octanol–water partition coefficient (Wildman–Crippen LogP) is 3.65. The topological polar surface area (TPSA) is 60.2 Å². The number of hydrogen-bond acceptors (Lipinski definition) is 5. The van der Waals surface area contributed by atoms with Crippen LogP contribution in [0.15, 0.2) is 53.7 Å². The van der Waals surface area contributed by atoms with Gasteiger partial charge in [0.15, 0.2) is 11.0 Å². The molecule has 0 N–H and O–H groups in total. The SMILES string of the molecule is CCn1c(SCC(=O)N2CCc3ccccc3C2)nnc1-c1ccc(OC)cc1. The van der Waals surface area contributed by atoms with Gasteiger partial charge < -0.3 is 14.2 Å². The number of nitrogens with zero attached hydrogens (tertiary/aromatic N) is 4. The quantitative estimate of drug-likeness (QED) is 0.583. The number of benzene rings is 2. The molecule has 1 aromatic heterocycles. The van der Waals surface area contributed by atoms with E-state index < -0.39 is 0 Å². The Morgan fingerprint density at radius 3 is 2.59 bits per heavy atom. The van der Waals surface area contributed by atoms with Gasteiger partial charge in [0.05, 0.1) is 12.9 Å². The smallest absolute Gasteiger partial charge is 0.233 e. The molecule has 2 heterocycles. The van der Waals surface area contributed by atoms with Crippen LogP contribution in [0.2, 0.25) is 0 Å². The van der Waals surface area contributed by atoms with Crippen molar-refractivity contribution in [1.29, 1.82) is 0 Å². The van der Waals surface area contributed by atoms with Crippen LogP contribution in [0.25, 0.3) is 11.4 Å². The minimum atomic E-state index is 0.140. The molecule has 0 spiro atoms. The normalized spacial score (nSPS) is 13.2. The van der Waals surface area contributed by atoms with Crippen molar-refractivity contribution in [3.63, 3.8) is 0 Å². The average molecular weight is 409 g/mol. The molecule has 6 nitrogen and oxygen atoms in total. The Labute approximate surface area is 174 Å². The molecule has 4 rings (SSSR count). The van der Waals surface area contributed by atoms with E-state index in [2.05, 4.69) is 35.3 Å². The van der Waals surface area contributed by atoms with E-state index in [1.165, 1.54) is 22.9 Å². The van der Waals surface area contributed by atoms with Crippen LogP contribution < -0.4 is 4.74 Å². The van der Waals surface area contributed by atoms with E-state index in [1.54, 1.807) is 7.11 Å². The van der Waals surface area contributed by atoms with Crippen molar-refractivity contribution in [3.8, 4) is 17.1 Å². The summed E-state index contributed by atoms with van der Waals surface area (Å²) in [5.74, 6) is 2.11. The zero-order valence-electron chi connectivity index (χ0n) is 16.7. The maximum atomic E-state index is 12.8. The molecule has 7 heteroatoms. The molecule has 0 saturated carbocycles. The maximum absolute atomic E-state index is 12.8. The lowest BCUT2D eigenvalue weighted by atomic mass is 10.00. The van der Waals surface area contributed by atoms with Crippen molar-refractivity contribution in [1.82, 2.24) is 19.7 Å². The van der Waals surface area contributed by atoms with Crippen LogP contribution in [0, 0.1) is 0 Å². The van der Waals surface area contributed by atoms with E-state index >= 15 is 0 Å². The first-order valence-electron chi connectivity index (χ1n) is 9.74. The number of carbonyl (C=O) groups excluding carboxylic acids is 1. The summed E-state index contributed by atoms with van der Waals surface area (Å²) in [7, 11) is 1.65. The van der Waals surface area contributed by atoms with Gasteiger partial charge in [-0.15, -0.1) is 10.2 Å². The molecule has 0 atom stereocenters. The van der Waals surface area contributed by atoms with Gasteiger partial charge in [0.25, 0.3) is 0 Å². The highest BCUT2D eigenvalue weighted by Gasteiger charge is 2.21. The average Bonchev–Trinajstić information content (AvgIpc) is 3.20. The number of methoxy groups -OCH3 is 1. The van der Waals surface area contributed by atoms with Crippen molar-refractivity contribution < 1.29 is 9.53 Å². The minimum absolute atomic E-state index is 0.140. The third kappa shape index (κ3) is 4.15. The fourth-order valence-electron chi connectivity index (χ4n) is 3.56. The molecule has 29 heavy (non-hydrogen) atoms. The van der Waals surface area contributed by atoms with Crippen molar-refractivity contribution in [3.05, 3.63) is 59.7 Å². The Hall–Kier alpha value is -2.80. The third-order valence-corrected chi connectivity index (χ3v) is 6.14. The van der Waals surface area contributed by atoms with Crippen molar-refractivity contribution in [2.75, 3.05) is 19.4 Å². The molecule has 0 saturated heterocycles. The molecule has 1 aliphatic rings. The number of fused-ring (bicyclic) bond motifs is 1. The summed E-state index contributed by atoms with van der Waals surface area (Å²) in [6.07, 6.45) is 0.916. The zero-order chi connectivity index (χ0) is 20.2. The monoisotopic (exact) mass is 408 g/mol. The van der Waals surface area contributed by atoms with E-state index in [4.69, 9.17) is 4.74 Å². The number of thioether (sulfide) groups is 1. The molecule has 2 aromatic carbocycles. The van der Waals surface area contributed by atoms with Gasteiger partial charge in [-0.2, -0.15) is 0 Å². The second-order valence-electron chi connectivity index (χ2n) is 6.90. The first-order valence-corrected chi connectivity index (χ1v) is 10.7. The first-order chi connectivity index (χ1) is 14.2. The van der Waals surface area contributed by atoms with Crippen LogP contribution in [0.1, 0.15) is 18.1 Å². The highest BCUT2D eigenvalue weighted by Crippen LogP contribution is 2.26. The molecule has 0 aliphatic carbocycles. The fraction of sp³-hybridized carbons (Fsp3) is 0.318. The van der Waals surface area contributed by atoms with Gasteiger partial charge in [0.2, 0.25) is 5.91 Å². The van der Waals surface area contributed by atoms with Crippen LogP contribution in [0.5, 0.6) is 5.75 Å². The van der Waals surface area contributed by atoms with Gasteiger partial charge in [-0.05, 0) is 48.7 Å². The van der Waals surface area contributed by atoms with Crippen LogP contribution in [-0.2, 0) is 24.3 Å². The van der Waals surface area contributed by atoms with Crippen LogP contribution in [0.3, 0.4) is 0 Å². The Kier molecular flexibility index (Phi) is 5.85. The lowest BCUT2D eigenvalue weighted by molar-refractivity contribution is -0.129. The van der Waals surface area contributed by atoms with Gasteiger partial charge in [0, 0.05) is 25.2 Å². The molecule has 0 unspecified atom stereocenters. The van der Waals surface area contributed by atoms with Crippen molar-refractivity contribution in [2.45, 2.75) is 31.6 Å².